The molecule has 0 aromatic carbocycles. The molecule has 1 aromatic rings. The van der Waals surface area contributed by atoms with Gasteiger partial charge in [0.05, 0.1) is 5.69 Å². The summed E-state index contributed by atoms with van der Waals surface area (Å²) in [4.78, 5) is 22.7. The van der Waals surface area contributed by atoms with Gasteiger partial charge < -0.3 is 4.98 Å². The normalized spacial score (nSPS) is 23.6. The van der Waals surface area contributed by atoms with E-state index in [9.17, 15) is 4.79 Å². The molecule has 1 N–H and O–H groups in total. The number of nitrogens with zero attached hydrogens (tertiary/aromatic N) is 2. The van der Waals surface area contributed by atoms with E-state index in [-0.39, 0.29) is 5.56 Å². The van der Waals surface area contributed by atoms with Gasteiger partial charge in [-0.25, -0.2) is 4.98 Å². The second kappa shape index (κ2) is 6.39. The Hall–Kier alpha value is -1.42. The van der Waals surface area contributed by atoms with E-state index in [0.717, 1.165) is 49.6 Å². The molecule has 1 aliphatic heterocycles. The number of allylic oxidation sites excluding steroid dienone is 1. The van der Waals surface area contributed by atoms with Gasteiger partial charge in [-0.3, -0.25) is 9.69 Å². The molecule has 0 spiro atoms. The molecule has 1 fully saturated rings. The summed E-state index contributed by atoms with van der Waals surface area (Å²) in [6, 6.07) is 0. The summed E-state index contributed by atoms with van der Waals surface area (Å²) in [5.41, 5.74) is 5.70. The van der Waals surface area contributed by atoms with Crippen LogP contribution in [-0.4, -0.2) is 28.0 Å². The van der Waals surface area contributed by atoms with Crippen molar-refractivity contribution < 1.29 is 0 Å². The van der Waals surface area contributed by atoms with Crippen LogP contribution in [0.4, 0.5) is 0 Å². The van der Waals surface area contributed by atoms with Crippen molar-refractivity contribution in [3.8, 4) is 0 Å². The molecule has 3 aliphatic rings. The summed E-state index contributed by atoms with van der Waals surface area (Å²) in [5, 5.41) is 0. The van der Waals surface area contributed by atoms with E-state index in [1.54, 1.807) is 11.1 Å². The minimum absolute atomic E-state index is 0.110. The van der Waals surface area contributed by atoms with Crippen LogP contribution in [0.2, 0.25) is 0 Å². The van der Waals surface area contributed by atoms with E-state index < -0.39 is 0 Å². The zero-order valence-electron chi connectivity index (χ0n) is 16.0. The van der Waals surface area contributed by atoms with E-state index >= 15 is 0 Å². The molecule has 0 radical (unpaired) electrons. The van der Waals surface area contributed by atoms with Crippen molar-refractivity contribution in [1.29, 1.82) is 0 Å². The first kappa shape index (κ1) is 17.0. The van der Waals surface area contributed by atoms with Gasteiger partial charge in [-0.1, -0.05) is 25.0 Å². The number of H-pyrrole nitrogens is 1. The highest BCUT2D eigenvalue weighted by Crippen LogP contribution is 2.42. The molecule has 136 valence electrons. The number of nitrogens with one attached hydrogen (secondary N) is 1. The topological polar surface area (TPSA) is 49.0 Å². The second-order valence-corrected chi connectivity index (χ2v) is 8.92. The fraction of sp³-hybridized carbons (Fsp3) is 0.714. The van der Waals surface area contributed by atoms with Gasteiger partial charge in [-0.2, -0.15) is 0 Å². The molecule has 2 aliphatic carbocycles. The Kier molecular flexibility index (Phi) is 4.35. The minimum atomic E-state index is 0.110. The molecule has 1 saturated carbocycles. The van der Waals surface area contributed by atoms with E-state index in [2.05, 4.69) is 30.7 Å². The maximum atomic E-state index is 12.3. The zero-order valence-corrected chi connectivity index (χ0v) is 16.0. The number of hydrogen-bond donors (Lipinski definition) is 1. The lowest BCUT2D eigenvalue weighted by atomic mass is 9.71. The third-order valence-electron chi connectivity index (χ3n) is 6.50. The Labute approximate surface area is 150 Å². The molecule has 0 saturated heterocycles. The van der Waals surface area contributed by atoms with Gasteiger partial charge in [-0.05, 0) is 57.3 Å². The lowest BCUT2D eigenvalue weighted by molar-refractivity contribution is 0.240. The third-order valence-corrected chi connectivity index (χ3v) is 6.50. The van der Waals surface area contributed by atoms with E-state index in [1.165, 1.54) is 32.1 Å². The number of aromatic nitrogens is 2. The van der Waals surface area contributed by atoms with Crippen molar-refractivity contribution >= 4 is 0 Å². The molecule has 2 heterocycles. The molecule has 4 rings (SSSR count). The standard InChI is InChI=1S/C21H31N3O/c1-14-5-4-10-21(2,3)17(14)9-12-24-11-8-16-18(13-24)22-19(15-6-7-15)23-20(16)25/h15H,4-13H2,1-3H3,(H,22,23,25). The van der Waals surface area contributed by atoms with Crippen LogP contribution in [0.25, 0.3) is 0 Å². The van der Waals surface area contributed by atoms with Gasteiger partial charge in [-0.15, -0.1) is 0 Å². The van der Waals surface area contributed by atoms with Gasteiger partial charge in [0.1, 0.15) is 5.82 Å². The largest absolute Gasteiger partial charge is 0.310 e. The number of hydrogen-bond acceptors (Lipinski definition) is 3. The Morgan fingerprint density at radius 3 is 2.80 bits per heavy atom. The molecule has 25 heavy (non-hydrogen) atoms. The van der Waals surface area contributed by atoms with Crippen LogP contribution in [0.1, 0.15) is 82.3 Å². The van der Waals surface area contributed by atoms with Crippen LogP contribution >= 0.6 is 0 Å². The number of rotatable bonds is 4. The first-order valence-electron chi connectivity index (χ1n) is 9.97. The molecular formula is C21H31N3O. The van der Waals surface area contributed by atoms with Crippen molar-refractivity contribution in [2.24, 2.45) is 5.41 Å². The van der Waals surface area contributed by atoms with E-state index in [0.29, 0.717) is 11.3 Å². The van der Waals surface area contributed by atoms with Crippen molar-refractivity contribution in [2.45, 2.75) is 78.2 Å². The van der Waals surface area contributed by atoms with Crippen LogP contribution in [0, 0.1) is 5.41 Å². The van der Waals surface area contributed by atoms with Crippen molar-refractivity contribution in [3.63, 3.8) is 0 Å². The molecule has 0 bridgehead atoms. The molecule has 4 nitrogen and oxygen atoms in total. The smallest absolute Gasteiger partial charge is 0.254 e. The molecule has 0 unspecified atom stereocenters. The Morgan fingerprint density at radius 2 is 2.08 bits per heavy atom. The Balaban J connectivity index is 1.47. The summed E-state index contributed by atoms with van der Waals surface area (Å²) in [6.45, 7) is 10.0. The summed E-state index contributed by atoms with van der Waals surface area (Å²) in [5.74, 6) is 1.43. The van der Waals surface area contributed by atoms with Gasteiger partial charge in [0, 0.05) is 31.1 Å². The second-order valence-electron chi connectivity index (χ2n) is 8.92. The summed E-state index contributed by atoms with van der Waals surface area (Å²) >= 11 is 0. The summed E-state index contributed by atoms with van der Waals surface area (Å²) < 4.78 is 0. The van der Waals surface area contributed by atoms with Crippen molar-refractivity contribution in [3.05, 3.63) is 38.6 Å². The van der Waals surface area contributed by atoms with E-state index in [1.807, 2.05) is 0 Å². The maximum absolute atomic E-state index is 12.3. The molecule has 4 heteroatoms. The Morgan fingerprint density at radius 1 is 1.28 bits per heavy atom. The van der Waals surface area contributed by atoms with Crippen molar-refractivity contribution in [2.75, 3.05) is 13.1 Å². The van der Waals surface area contributed by atoms with Gasteiger partial charge >= 0.3 is 0 Å². The number of fused-ring (bicyclic) bond motifs is 1. The van der Waals surface area contributed by atoms with Gasteiger partial charge in [0.2, 0.25) is 0 Å². The van der Waals surface area contributed by atoms with Crippen LogP contribution in [0.3, 0.4) is 0 Å². The van der Waals surface area contributed by atoms with E-state index in [4.69, 9.17) is 4.98 Å². The molecular weight excluding hydrogens is 310 g/mol. The van der Waals surface area contributed by atoms with Crippen LogP contribution in [-0.2, 0) is 13.0 Å². The maximum Gasteiger partial charge on any atom is 0.254 e. The fourth-order valence-corrected chi connectivity index (χ4v) is 4.75. The average Bonchev–Trinajstić information content (AvgIpc) is 3.38. The first-order valence-corrected chi connectivity index (χ1v) is 9.97. The number of aromatic amines is 1. The quantitative estimate of drug-likeness (QED) is 0.844. The SMILES string of the molecule is CC1=C(CCN2CCc3c(nc(C4CC4)[nH]c3=O)C2)C(C)(C)CCC1. The first-order chi connectivity index (χ1) is 11.9. The average molecular weight is 341 g/mol. The monoisotopic (exact) mass is 341 g/mol. The highest BCUT2D eigenvalue weighted by molar-refractivity contribution is 5.24. The summed E-state index contributed by atoms with van der Waals surface area (Å²) in [7, 11) is 0. The molecule has 0 amide bonds. The van der Waals surface area contributed by atoms with Crippen LogP contribution in [0.15, 0.2) is 15.9 Å². The predicted octanol–water partition coefficient (Wildman–Crippen LogP) is 3.92. The predicted molar refractivity (Wildman–Crippen MR) is 101 cm³/mol. The van der Waals surface area contributed by atoms with Crippen molar-refractivity contribution in [1.82, 2.24) is 14.9 Å². The molecule has 1 aromatic heterocycles. The zero-order chi connectivity index (χ0) is 17.6. The van der Waals surface area contributed by atoms with Gasteiger partial charge in [0.15, 0.2) is 0 Å². The fourth-order valence-electron chi connectivity index (χ4n) is 4.75. The van der Waals surface area contributed by atoms with Crippen LogP contribution in [0.5, 0.6) is 0 Å². The Bertz CT molecular complexity index is 755. The van der Waals surface area contributed by atoms with Crippen LogP contribution < -0.4 is 5.56 Å². The lowest BCUT2D eigenvalue weighted by Crippen LogP contribution is -2.37. The highest BCUT2D eigenvalue weighted by Gasteiger charge is 2.31. The minimum Gasteiger partial charge on any atom is -0.310 e. The van der Waals surface area contributed by atoms with Gasteiger partial charge in [0.25, 0.3) is 5.56 Å². The highest BCUT2D eigenvalue weighted by atomic mass is 16.1. The summed E-state index contributed by atoms with van der Waals surface area (Å²) in [6.07, 6.45) is 8.25. The lowest BCUT2D eigenvalue weighted by Gasteiger charge is -2.36. The third kappa shape index (κ3) is 3.46. The molecule has 0 atom stereocenters.